The number of rotatable bonds is 14. The van der Waals surface area contributed by atoms with Crippen LogP contribution in [0.3, 0.4) is 0 Å². The molecule has 6 heterocycles. The number of nitrogens with zero attached hydrogens (tertiary/aromatic N) is 4. The number of thiophene rings is 1. The predicted octanol–water partition coefficient (Wildman–Crippen LogP) is 7.78. The SMILES string of the molecule is O=C(O)c1sc(CN(C(=O)O[C@H]2CN3CCC2CC3)c2ccccn2)cc1[C@@H](Cc1c(Cl)c[n+]([O-])cc1Cl)c1ccc(OC(F)F)c(OCC2CC2)c1. The van der Waals surface area contributed by atoms with E-state index in [1.165, 1.54) is 11.0 Å². The van der Waals surface area contributed by atoms with Crippen molar-refractivity contribution in [3.05, 3.63) is 103 Å². The highest BCUT2D eigenvalue weighted by atomic mass is 35.5. The van der Waals surface area contributed by atoms with Crippen molar-refractivity contribution in [1.82, 2.24) is 9.88 Å². The molecule has 0 unspecified atom stereocenters. The minimum absolute atomic E-state index is 0.0212. The van der Waals surface area contributed by atoms with Crippen LogP contribution < -0.4 is 19.1 Å². The molecule has 8 rings (SSSR count). The standard InChI is InChI=1S/C37H36Cl2F2N4O7S/c38-28-17-44(49)18-29(39)27(28)15-25(23-6-7-30(51-36(40)41)31(13-23)50-20-21-4-5-21)26-14-24(53-34(26)35(46)47)16-45(33-3-1-2-10-42-33)37(48)52-32-19-43-11-8-22(32)9-12-43/h1-3,6-7,10,13-14,17-18,21-22,25,32,36H,4-5,8-9,11-12,15-16,19-20H2,(H,46,47)/t25-,32-/m0/s1. The van der Waals surface area contributed by atoms with Gasteiger partial charge in [0.1, 0.15) is 26.8 Å². The van der Waals surface area contributed by atoms with Crippen molar-refractivity contribution < 1.29 is 42.4 Å². The van der Waals surface area contributed by atoms with E-state index in [-0.39, 0.29) is 51.4 Å². The van der Waals surface area contributed by atoms with Crippen LogP contribution in [0.15, 0.2) is 61.1 Å². The average Bonchev–Trinajstić information content (AvgIpc) is 3.87. The Morgan fingerprint density at radius 3 is 2.45 bits per heavy atom. The van der Waals surface area contributed by atoms with E-state index < -0.39 is 24.6 Å². The summed E-state index contributed by atoms with van der Waals surface area (Å²) in [7, 11) is 0. The minimum Gasteiger partial charge on any atom is -0.619 e. The van der Waals surface area contributed by atoms with E-state index >= 15 is 0 Å². The lowest BCUT2D eigenvalue weighted by molar-refractivity contribution is -0.605. The van der Waals surface area contributed by atoms with Crippen LogP contribution in [-0.4, -0.2) is 66.0 Å². The van der Waals surface area contributed by atoms with Crippen LogP contribution in [0.1, 0.15) is 62.8 Å². The van der Waals surface area contributed by atoms with Crippen molar-refractivity contribution in [2.45, 2.75) is 57.3 Å². The molecule has 2 bridgehead atoms. The van der Waals surface area contributed by atoms with E-state index in [1.54, 1.807) is 42.6 Å². The van der Waals surface area contributed by atoms with Gasteiger partial charge in [0.2, 0.25) is 0 Å². The third kappa shape index (κ3) is 8.77. The van der Waals surface area contributed by atoms with Gasteiger partial charge in [-0.2, -0.15) is 13.5 Å². The molecule has 4 fully saturated rings. The first-order chi connectivity index (χ1) is 25.5. The Labute approximate surface area is 318 Å². The largest absolute Gasteiger partial charge is 0.619 e. The number of carboxylic acids is 1. The van der Waals surface area contributed by atoms with Crippen LogP contribution in [0, 0.1) is 17.0 Å². The highest BCUT2D eigenvalue weighted by Gasteiger charge is 2.38. The van der Waals surface area contributed by atoms with Crippen LogP contribution in [0.25, 0.3) is 0 Å². The fourth-order valence-electron chi connectivity index (χ4n) is 6.98. The molecule has 4 aromatic rings. The zero-order valence-electron chi connectivity index (χ0n) is 28.3. The van der Waals surface area contributed by atoms with E-state index in [0.717, 1.165) is 62.5 Å². The Morgan fingerprint density at radius 1 is 1.08 bits per heavy atom. The first kappa shape index (κ1) is 37.1. The third-order valence-corrected chi connectivity index (χ3v) is 11.7. The first-order valence-corrected chi connectivity index (χ1v) is 18.8. The van der Waals surface area contributed by atoms with Gasteiger partial charge in [-0.1, -0.05) is 35.3 Å². The molecule has 280 valence electrons. The maximum Gasteiger partial charge on any atom is 0.416 e. The Balaban J connectivity index is 1.27. The van der Waals surface area contributed by atoms with Crippen molar-refractivity contribution in [3.8, 4) is 11.5 Å². The highest BCUT2D eigenvalue weighted by molar-refractivity contribution is 7.14. The lowest BCUT2D eigenvalue weighted by Crippen LogP contribution is -2.53. The predicted molar refractivity (Wildman–Crippen MR) is 193 cm³/mol. The van der Waals surface area contributed by atoms with Gasteiger partial charge < -0.3 is 24.5 Å². The van der Waals surface area contributed by atoms with E-state index in [9.17, 15) is 28.7 Å². The van der Waals surface area contributed by atoms with Gasteiger partial charge in [-0.15, -0.1) is 11.3 Å². The molecule has 53 heavy (non-hydrogen) atoms. The summed E-state index contributed by atoms with van der Waals surface area (Å²) in [4.78, 5) is 35.4. The number of carboxylic acid groups (broad SMARTS) is 1. The number of hydrogen-bond donors (Lipinski definition) is 1. The normalized spacial score (nSPS) is 19.9. The molecule has 3 saturated heterocycles. The van der Waals surface area contributed by atoms with E-state index in [0.29, 0.717) is 51.2 Å². The molecule has 3 aliphatic heterocycles. The summed E-state index contributed by atoms with van der Waals surface area (Å²) in [5.41, 5.74) is 1.23. The number of piperidine rings is 3. The molecule has 2 atom stereocenters. The minimum atomic E-state index is -3.10. The molecular weight excluding hydrogens is 753 g/mol. The van der Waals surface area contributed by atoms with Gasteiger partial charge in [0.05, 0.1) is 13.2 Å². The number of hydrogen-bond acceptors (Lipinski definition) is 9. The zero-order valence-corrected chi connectivity index (χ0v) is 30.7. The summed E-state index contributed by atoms with van der Waals surface area (Å²) in [5, 5.41) is 22.8. The van der Waals surface area contributed by atoms with Crippen molar-refractivity contribution in [3.63, 3.8) is 0 Å². The number of aromatic carboxylic acids is 1. The summed E-state index contributed by atoms with van der Waals surface area (Å²) in [6.45, 7) is -0.230. The summed E-state index contributed by atoms with van der Waals surface area (Å²) < 4.78 is 44.1. The molecule has 1 amide bonds. The second-order valence-corrected chi connectivity index (χ2v) is 15.5. The Hall–Kier alpha value is -4.24. The molecular formula is C37H36Cl2F2N4O7S. The van der Waals surface area contributed by atoms with Gasteiger partial charge in [0.15, 0.2) is 23.9 Å². The Kier molecular flexibility index (Phi) is 11.2. The van der Waals surface area contributed by atoms with E-state index in [2.05, 4.69) is 9.88 Å². The molecule has 1 aliphatic carbocycles. The smallest absolute Gasteiger partial charge is 0.416 e. The maximum absolute atomic E-state index is 13.9. The van der Waals surface area contributed by atoms with Crippen LogP contribution in [0.4, 0.5) is 19.4 Å². The number of alkyl halides is 2. The van der Waals surface area contributed by atoms with Crippen LogP contribution in [0.5, 0.6) is 11.5 Å². The van der Waals surface area contributed by atoms with Gasteiger partial charge in [-0.25, -0.2) is 14.6 Å². The number of halogens is 4. The fourth-order valence-corrected chi connectivity index (χ4v) is 8.63. The van der Waals surface area contributed by atoms with E-state index in [4.69, 9.17) is 37.4 Å². The lowest BCUT2D eigenvalue weighted by atomic mass is 9.85. The topological polar surface area (TPSA) is 128 Å². The van der Waals surface area contributed by atoms with Crippen molar-refractivity contribution in [2.75, 3.05) is 31.1 Å². The molecule has 0 radical (unpaired) electrons. The van der Waals surface area contributed by atoms with Crippen LogP contribution in [-0.2, 0) is 17.7 Å². The van der Waals surface area contributed by atoms with Crippen molar-refractivity contribution in [2.24, 2.45) is 11.8 Å². The molecule has 0 spiro atoms. The lowest BCUT2D eigenvalue weighted by Gasteiger charge is -2.44. The maximum atomic E-state index is 13.9. The summed E-state index contributed by atoms with van der Waals surface area (Å²) in [6, 6.07) is 11.3. The quantitative estimate of drug-likeness (QED) is 0.101. The average molecular weight is 790 g/mol. The number of ether oxygens (including phenoxy) is 3. The van der Waals surface area contributed by atoms with Crippen molar-refractivity contribution >= 4 is 52.4 Å². The fraction of sp³-hybridized carbons (Fsp3) is 0.405. The van der Waals surface area contributed by atoms with Gasteiger partial charge in [-0.05, 0) is 98.5 Å². The molecule has 16 heteroatoms. The molecule has 4 aliphatic rings. The summed E-state index contributed by atoms with van der Waals surface area (Å²) >= 11 is 14.0. The van der Waals surface area contributed by atoms with Gasteiger partial charge in [-0.3, -0.25) is 9.80 Å². The number of benzene rings is 1. The Morgan fingerprint density at radius 2 is 1.83 bits per heavy atom. The van der Waals surface area contributed by atoms with Gasteiger partial charge in [0.25, 0.3) is 0 Å². The highest BCUT2D eigenvalue weighted by Crippen LogP contribution is 2.42. The number of carbonyl (C=O) groups is 2. The monoisotopic (exact) mass is 788 g/mol. The zero-order chi connectivity index (χ0) is 37.2. The van der Waals surface area contributed by atoms with Crippen LogP contribution >= 0.6 is 34.5 Å². The first-order valence-electron chi connectivity index (χ1n) is 17.3. The number of fused-ring (bicyclic) bond motifs is 3. The number of aromatic nitrogens is 2. The molecule has 1 saturated carbocycles. The van der Waals surface area contributed by atoms with Gasteiger partial charge >= 0.3 is 18.7 Å². The number of amides is 1. The Bertz CT molecular complexity index is 1940. The molecule has 11 nitrogen and oxygen atoms in total. The summed E-state index contributed by atoms with van der Waals surface area (Å²) in [6.07, 6.45) is 6.84. The number of pyridine rings is 2. The number of anilines is 1. The molecule has 1 aromatic carbocycles. The molecule has 1 N–H and O–H groups in total. The van der Waals surface area contributed by atoms with Crippen molar-refractivity contribution in [1.29, 1.82) is 0 Å². The van der Waals surface area contributed by atoms with Gasteiger partial charge in [0, 0.05) is 29.1 Å². The number of carbonyl (C=O) groups excluding carboxylic acids is 1. The van der Waals surface area contributed by atoms with E-state index in [1.807, 2.05) is 0 Å². The molecule has 3 aromatic heterocycles. The second-order valence-electron chi connectivity index (χ2n) is 13.5. The summed E-state index contributed by atoms with van der Waals surface area (Å²) in [5.74, 6) is -1.18. The second kappa shape index (κ2) is 16.0. The van der Waals surface area contributed by atoms with Crippen LogP contribution in [0.2, 0.25) is 10.0 Å². The third-order valence-electron chi connectivity index (χ3n) is 9.91.